The van der Waals surface area contributed by atoms with Gasteiger partial charge in [0.05, 0.1) is 11.4 Å². The van der Waals surface area contributed by atoms with E-state index < -0.39 is 10.0 Å². The first kappa shape index (κ1) is 21.9. The number of hydrogen-bond acceptors (Lipinski definition) is 6. The van der Waals surface area contributed by atoms with Gasteiger partial charge in [-0.3, -0.25) is 4.79 Å². The van der Waals surface area contributed by atoms with Crippen LogP contribution < -0.4 is 19.5 Å². The highest BCUT2D eigenvalue weighted by Gasteiger charge is 2.16. The molecular formula is C21H26N2O6S. The molecule has 1 aliphatic heterocycles. The maximum absolute atomic E-state index is 12.0. The molecule has 1 amide bonds. The molecule has 162 valence electrons. The Morgan fingerprint density at radius 3 is 2.47 bits per heavy atom. The number of carbonyl (C=O) groups is 1. The fraction of sp³-hybridized carbons (Fsp3) is 0.381. The molecule has 0 aromatic heterocycles. The zero-order valence-electron chi connectivity index (χ0n) is 17.1. The van der Waals surface area contributed by atoms with Crippen molar-refractivity contribution in [2.24, 2.45) is 0 Å². The van der Waals surface area contributed by atoms with Gasteiger partial charge in [0.15, 0.2) is 11.5 Å². The number of sulfonamides is 1. The number of nitrogens with zero attached hydrogens (tertiary/aromatic N) is 1. The molecule has 2 aromatic carbocycles. The first-order valence-electron chi connectivity index (χ1n) is 9.67. The van der Waals surface area contributed by atoms with Crippen LogP contribution in [-0.2, 0) is 21.2 Å². The molecule has 0 atom stereocenters. The Morgan fingerprint density at radius 2 is 1.77 bits per heavy atom. The number of carbonyl (C=O) groups excluding carboxylic acids is 1. The highest BCUT2D eigenvalue weighted by atomic mass is 32.2. The van der Waals surface area contributed by atoms with Crippen molar-refractivity contribution in [1.29, 1.82) is 0 Å². The third-order valence-corrected chi connectivity index (χ3v) is 6.37. The molecule has 0 saturated heterocycles. The van der Waals surface area contributed by atoms with Gasteiger partial charge in [0.1, 0.15) is 25.6 Å². The van der Waals surface area contributed by atoms with E-state index in [4.69, 9.17) is 14.2 Å². The largest absolute Gasteiger partial charge is 0.492 e. The molecule has 9 heteroatoms. The lowest BCUT2D eigenvalue weighted by Crippen LogP contribution is -2.28. The summed E-state index contributed by atoms with van der Waals surface area (Å²) in [4.78, 5) is 12.2. The van der Waals surface area contributed by atoms with Crippen LogP contribution in [0.5, 0.6) is 17.2 Å². The Morgan fingerprint density at radius 1 is 1.07 bits per heavy atom. The molecule has 0 unspecified atom stereocenters. The molecule has 0 spiro atoms. The fourth-order valence-electron chi connectivity index (χ4n) is 2.87. The number of fused-ring (bicyclic) bond motifs is 1. The zero-order valence-corrected chi connectivity index (χ0v) is 17.9. The van der Waals surface area contributed by atoms with E-state index in [1.165, 1.54) is 26.2 Å². The minimum Gasteiger partial charge on any atom is -0.492 e. The van der Waals surface area contributed by atoms with Gasteiger partial charge in [-0.05, 0) is 48.4 Å². The third kappa shape index (κ3) is 5.64. The summed E-state index contributed by atoms with van der Waals surface area (Å²) in [6.07, 6.45) is 0.960. The van der Waals surface area contributed by atoms with Gasteiger partial charge in [-0.25, -0.2) is 12.7 Å². The van der Waals surface area contributed by atoms with E-state index in [1.54, 1.807) is 12.1 Å². The summed E-state index contributed by atoms with van der Waals surface area (Å²) in [5, 5.41) is 2.81. The SMILES string of the molecule is CN(C)S(=O)(=O)c1ccc(OCCNC(=O)CCc2ccc3c(c2)OCCO3)cc1. The number of amides is 1. The molecule has 1 heterocycles. The summed E-state index contributed by atoms with van der Waals surface area (Å²) in [7, 11) is -0.494. The van der Waals surface area contributed by atoms with E-state index in [1.807, 2.05) is 18.2 Å². The summed E-state index contributed by atoms with van der Waals surface area (Å²) in [6, 6.07) is 11.9. The van der Waals surface area contributed by atoms with Gasteiger partial charge in [-0.1, -0.05) is 6.07 Å². The highest BCUT2D eigenvalue weighted by Crippen LogP contribution is 2.31. The van der Waals surface area contributed by atoms with Crippen LogP contribution in [0.4, 0.5) is 0 Å². The molecule has 3 rings (SSSR count). The Labute approximate surface area is 176 Å². The van der Waals surface area contributed by atoms with Gasteiger partial charge in [-0.15, -0.1) is 0 Å². The van der Waals surface area contributed by atoms with Crippen LogP contribution in [0.15, 0.2) is 47.4 Å². The summed E-state index contributed by atoms with van der Waals surface area (Å²) in [6.45, 7) is 1.73. The number of ether oxygens (including phenoxy) is 3. The van der Waals surface area contributed by atoms with Crippen LogP contribution in [-0.4, -0.2) is 59.1 Å². The van der Waals surface area contributed by atoms with E-state index in [9.17, 15) is 13.2 Å². The second-order valence-electron chi connectivity index (χ2n) is 6.94. The van der Waals surface area contributed by atoms with Crippen molar-refractivity contribution < 1.29 is 27.4 Å². The average Bonchev–Trinajstić information content (AvgIpc) is 2.75. The third-order valence-electron chi connectivity index (χ3n) is 4.54. The quantitative estimate of drug-likeness (QED) is 0.605. The number of hydrogen-bond donors (Lipinski definition) is 1. The van der Waals surface area contributed by atoms with Crippen molar-refractivity contribution in [2.45, 2.75) is 17.7 Å². The first-order chi connectivity index (χ1) is 14.4. The van der Waals surface area contributed by atoms with E-state index in [2.05, 4.69) is 5.32 Å². The summed E-state index contributed by atoms with van der Waals surface area (Å²) in [5.41, 5.74) is 1.01. The standard InChI is InChI=1S/C21H26N2O6S/c1-23(2)30(25,26)18-7-5-17(6-8-18)27-12-11-22-21(24)10-4-16-3-9-19-20(15-16)29-14-13-28-19/h3,5-9,15H,4,10-14H2,1-2H3,(H,22,24). The Hall–Kier alpha value is -2.78. The summed E-state index contributed by atoms with van der Waals surface area (Å²) >= 11 is 0. The molecule has 1 N–H and O–H groups in total. The van der Waals surface area contributed by atoms with Crippen molar-refractivity contribution in [2.75, 3.05) is 40.5 Å². The second-order valence-corrected chi connectivity index (χ2v) is 9.09. The van der Waals surface area contributed by atoms with Crippen LogP contribution in [0.1, 0.15) is 12.0 Å². The molecular weight excluding hydrogens is 408 g/mol. The zero-order chi connectivity index (χ0) is 21.6. The maximum Gasteiger partial charge on any atom is 0.242 e. The van der Waals surface area contributed by atoms with E-state index in [0.717, 1.165) is 21.4 Å². The highest BCUT2D eigenvalue weighted by molar-refractivity contribution is 7.89. The van der Waals surface area contributed by atoms with E-state index in [0.29, 0.717) is 38.3 Å². The van der Waals surface area contributed by atoms with Crippen LogP contribution in [0, 0.1) is 0 Å². The lowest BCUT2D eigenvalue weighted by molar-refractivity contribution is -0.121. The average molecular weight is 435 g/mol. The van der Waals surface area contributed by atoms with Crippen molar-refractivity contribution in [3.8, 4) is 17.2 Å². The van der Waals surface area contributed by atoms with Crippen molar-refractivity contribution in [3.63, 3.8) is 0 Å². The van der Waals surface area contributed by atoms with Crippen molar-refractivity contribution in [3.05, 3.63) is 48.0 Å². The Balaban J connectivity index is 1.38. The molecule has 0 saturated carbocycles. The number of benzene rings is 2. The van der Waals surface area contributed by atoms with Crippen LogP contribution >= 0.6 is 0 Å². The van der Waals surface area contributed by atoms with Gasteiger partial charge >= 0.3 is 0 Å². The molecule has 8 nitrogen and oxygen atoms in total. The Bertz CT molecular complexity index is 973. The first-order valence-corrected chi connectivity index (χ1v) is 11.1. The lowest BCUT2D eigenvalue weighted by Gasteiger charge is -2.18. The monoisotopic (exact) mass is 434 g/mol. The van der Waals surface area contributed by atoms with E-state index in [-0.39, 0.29) is 17.4 Å². The van der Waals surface area contributed by atoms with Gasteiger partial charge in [0.25, 0.3) is 0 Å². The van der Waals surface area contributed by atoms with E-state index >= 15 is 0 Å². The topological polar surface area (TPSA) is 94.2 Å². The Kier molecular flexibility index (Phi) is 7.17. The molecule has 0 fully saturated rings. The van der Waals surface area contributed by atoms with Gasteiger partial charge in [0.2, 0.25) is 15.9 Å². The fourth-order valence-corrected chi connectivity index (χ4v) is 3.77. The molecule has 0 radical (unpaired) electrons. The predicted molar refractivity (Wildman–Crippen MR) is 112 cm³/mol. The smallest absolute Gasteiger partial charge is 0.242 e. The maximum atomic E-state index is 12.0. The van der Waals surface area contributed by atoms with Gasteiger partial charge in [0, 0.05) is 20.5 Å². The normalized spacial score (nSPS) is 13.2. The summed E-state index contributed by atoms with van der Waals surface area (Å²) < 4.78 is 41.8. The predicted octanol–water partition coefficient (Wildman–Crippen LogP) is 1.84. The van der Waals surface area contributed by atoms with Gasteiger partial charge in [-0.2, -0.15) is 0 Å². The molecule has 2 aromatic rings. The number of nitrogens with one attached hydrogen (secondary N) is 1. The minimum absolute atomic E-state index is 0.0686. The minimum atomic E-state index is -3.46. The summed E-state index contributed by atoms with van der Waals surface area (Å²) in [5.74, 6) is 1.93. The second kappa shape index (κ2) is 9.82. The lowest BCUT2D eigenvalue weighted by atomic mass is 10.1. The molecule has 0 aliphatic carbocycles. The number of rotatable bonds is 9. The van der Waals surface area contributed by atoms with Crippen LogP contribution in [0.25, 0.3) is 0 Å². The van der Waals surface area contributed by atoms with Gasteiger partial charge < -0.3 is 19.5 Å². The molecule has 0 bridgehead atoms. The molecule has 1 aliphatic rings. The van der Waals surface area contributed by atoms with Crippen LogP contribution in [0.2, 0.25) is 0 Å². The van der Waals surface area contributed by atoms with Crippen molar-refractivity contribution >= 4 is 15.9 Å². The van der Waals surface area contributed by atoms with Crippen LogP contribution in [0.3, 0.4) is 0 Å². The number of aryl methyl sites for hydroxylation is 1. The van der Waals surface area contributed by atoms with Crippen molar-refractivity contribution in [1.82, 2.24) is 9.62 Å². The molecule has 30 heavy (non-hydrogen) atoms.